The highest BCUT2D eigenvalue weighted by Gasteiger charge is 2.28. The quantitative estimate of drug-likeness (QED) is 0.755. The third kappa shape index (κ3) is 2.63. The average Bonchev–Trinajstić information content (AvgIpc) is 2.37. The molecule has 0 spiro atoms. The van der Waals surface area contributed by atoms with Gasteiger partial charge >= 0.3 is 0 Å². The summed E-state index contributed by atoms with van der Waals surface area (Å²) in [5.74, 6) is 0.587. The molecular formula is C17H22O2. The third-order valence-corrected chi connectivity index (χ3v) is 4.53. The number of rotatable bonds is 2. The molecule has 2 nitrogen and oxygen atoms in total. The molecule has 0 amide bonds. The lowest BCUT2D eigenvalue weighted by molar-refractivity contribution is -0.120. The van der Waals surface area contributed by atoms with Crippen molar-refractivity contribution in [2.24, 2.45) is 5.92 Å². The maximum Gasteiger partial charge on any atom is 0.166 e. The van der Waals surface area contributed by atoms with Crippen LogP contribution in [-0.2, 0) is 4.79 Å². The number of aryl methyl sites for hydroxylation is 2. The van der Waals surface area contributed by atoms with E-state index in [2.05, 4.69) is 19.9 Å². The molecule has 0 atom stereocenters. The first-order valence-electron chi connectivity index (χ1n) is 7.05. The average molecular weight is 258 g/mol. The number of carbonyl (C=O) groups is 2. The van der Waals surface area contributed by atoms with Crippen LogP contribution in [0.1, 0.15) is 58.3 Å². The van der Waals surface area contributed by atoms with Gasteiger partial charge in [-0.2, -0.15) is 0 Å². The summed E-state index contributed by atoms with van der Waals surface area (Å²) in [5, 5.41) is 0. The van der Waals surface area contributed by atoms with E-state index in [1.54, 1.807) is 0 Å². The molecule has 1 aromatic rings. The Hall–Kier alpha value is -1.44. The van der Waals surface area contributed by atoms with E-state index in [9.17, 15) is 9.59 Å². The normalized spacial score (nSPS) is 16.7. The Morgan fingerprint density at radius 1 is 1.00 bits per heavy atom. The molecule has 1 aliphatic rings. The van der Waals surface area contributed by atoms with Crippen molar-refractivity contribution in [3.63, 3.8) is 0 Å². The van der Waals surface area contributed by atoms with Crippen LogP contribution in [-0.4, -0.2) is 11.6 Å². The molecule has 0 aromatic heterocycles. The predicted molar refractivity (Wildman–Crippen MR) is 76.7 cm³/mol. The monoisotopic (exact) mass is 258 g/mol. The van der Waals surface area contributed by atoms with Gasteiger partial charge in [-0.1, -0.05) is 6.07 Å². The summed E-state index contributed by atoms with van der Waals surface area (Å²) in [6, 6.07) is 2.14. The molecule has 1 fully saturated rings. The van der Waals surface area contributed by atoms with Crippen LogP contribution in [0.25, 0.3) is 0 Å². The zero-order chi connectivity index (χ0) is 14.2. The zero-order valence-corrected chi connectivity index (χ0v) is 12.3. The Morgan fingerprint density at radius 3 is 1.95 bits per heavy atom. The maximum absolute atomic E-state index is 12.7. The van der Waals surface area contributed by atoms with Crippen molar-refractivity contribution in [1.82, 2.24) is 0 Å². The Labute approximate surface area is 115 Å². The Kier molecular flexibility index (Phi) is 3.88. The van der Waals surface area contributed by atoms with Crippen molar-refractivity contribution < 1.29 is 9.59 Å². The van der Waals surface area contributed by atoms with Crippen molar-refractivity contribution in [3.05, 3.63) is 33.9 Å². The highest BCUT2D eigenvalue weighted by molar-refractivity contribution is 6.01. The van der Waals surface area contributed by atoms with Crippen LogP contribution in [0.5, 0.6) is 0 Å². The van der Waals surface area contributed by atoms with Gasteiger partial charge in [0.05, 0.1) is 0 Å². The van der Waals surface area contributed by atoms with Crippen molar-refractivity contribution in [2.75, 3.05) is 0 Å². The van der Waals surface area contributed by atoms with Gasteiger partial charge in [0.25, 0.3) is 0 Å². The summed E-state index contributed by atoms with van der Waals surface area (Å²) >= 11 is 0. The van der Waals surface area contributed by atoms with Crippen LogP contribution in [0, 0.1) is 33.6 Å². The fraction of sp³-hybridized carbons (Fsp3) is 0.529. The molecule has 19 heavy (non-hydrogen) atoms. The molecule has 0 radical (unpaired) electrons. The van der Waals surface area contributed by atoms with E-state index >= 15 is 0 Å². The molecule has 2 rings (SSSR count). The summed E-state index contributed by atoms with van der Waals surface area (Å²) in [7, 11) is 0. The number of ketones is 2. The van der Waals surface area contributed by atoms with Crippen molar-refractivity contribution in [1.29, 1.82) is 0 Å². The SMILES string of the molecule is Cc1cc(C)c(C)c(C(=O)C2CCC(=O)CC2)c1C. The standard InChI is InChI=1S/C17H22O2/c1-10-9-11(2)13(4)16(12(10)3)17(19)14-5-7-15(18)8-6-14/h9,14H,5-8H2,1-4H3. The zero-order valence-electron chi connectivity index (χ0n) is 12.3. The van der Waals surface area contributed by atoms with Gasteiger partial charge in [-0.3, -0.25) is 9.59 Å². The fourth-order valence-corrected chi connectivity index (χ4v) is 2.99. The van der Waals surface area contributed by atoms with E-state index in [0.717, 1.165) is 29.5 Å². The summed E-state index contributed by atoms with van der Waals surface area (Å²) in [6.07, 6.45) is 2.59. The van der Waals surface area contributed by atoms with E-state index in [0.29, 0.717) is 18.6 Å². The Morgan fingerprint density at radius 2 is 1.47 bits per heavy atom. The Bertz CT molecular complexity index is 504. The van der Waals surface area contributed by atoms with Crippen LogP contribution in [0.4, 0.5) is 0 Å². The molecule has 2 heteroatoms. The third-order valence-electron chi connectivity index (χ3n) is 4.53. The highest BCUT2D eigenvalue weighted by atomic mass is 16.1. The lowest BCUT2D eigenvalue weighted by Gasteiger charge is -2.23. The lowest BCUT2D eigenvalue weighted by Crippen LogP contribution is -2.23. The van der Waals surface area contributed by atoms with Crippen molar-refractivity contribution >= 4 is 11.6 Å². The van der Waals surface area contributed by atoms with E-state index in [1.807, 2.05) is 13.8 Å². The molecule has 0 N–H and O–H groups in total. The molecular weight excluding hydrogens is 236 g/mol. The Balaban J connectivity index is 2.36. The van der Waals surface area contributed by atoms with Crippen LogP contribution in [0.15, 0.2) is 6.07 Å². The second-order valence-corrected chi connectivity index (χ2v) is 5.81. The summed E-state index contributed by atoms with van der Waals surface area (Å²) in [6.45, 7) is 8.18. The molecule has 0 heterocycles. The van der Waals surface area contributed by atoms with Crippen LogP contribution in [0.3, 0.4) is 0 Å². The van der Waals surface area contributed by atoms with E-state index in [1.165, 1.54) is 11.1 Å². The van der Waals surface area contributed by atoms with Gasteiger partial charge in [0.2, 0.25) is 0 Å². The molecule has 1 aliphatic carbocycles. The highest BCUT2D eigenvalue weighted by Crippen LogP contribution is 2.30. The van der Waals surface area contributed by atoms with E-state index in [-0.39, 0.29) is 11.7 Å². The van der Waals surface area contributed by atoms with Crippen LogP contribution in [0.2, 0.25) is 0 Å². The number of benzene rings is 1. The van der Waals surface area contributed by atoms with Gasteiger partial charge in [0.1, 0.15) is 5.78 Å². The minimum Gasteiger partial charge on any atom is -0.300 e. The summed E-state index contributed by atoms with van der Waals surface area (Å²) in [5.41, 5.74) is 5.46. The van der Waals surface area contributed by atoms with Crippen LogP contribution < -0.4 is 0 Å². The van der Waals surface area contributed by atoms with Crippen LogP contribution >= 0.6 is 0 Å². The minimum absolute atomic E-state index is 0.0382. The smallest absolute Gasteiger partial charge is 0.166 e. The van der Waals surface area contributed by atoms with E-state index in [4.69, 9.17) is 0 Å². The maximum atomic E-state index is 12.7. The molecule has 1 aromatic carbocycles. The molecule has 0 bridgehead atoms. The first-order valence-corrected chi connectivity index (χ1v) is 7.05. The molecule has 1 saturated carbocycles. The van der Waals surface area contributed by atoms with Crippen molar-refractivity contribution in [2.45, 2.75) is 53.4 Å². The first kappa shape index (κ1) is 14.0. The summed E-state index contributed by atoms with van der Waals surface area (Å²) in [4.78, 5) is 24.0. The largest absolute Gasteiger partial charge is 0.300 e. The molecule has 0 saturated heterocycles. The number of hydrogen-bond acceptors (Lipinski definition) is 2. The second-order valence-electron chi connectivity index (χ2n) is 5.81. The number of carbonyl (C=O) groups excluding carboxylic acids is 2. The molecule has 0 unspecified atom stereocenters. The van der Waals surface area contributed by atoms with Gasteiger partial charge in [0.15, 0.2) is 5.78 Å². The van der Waals surface area contributed by atoms with E-state index < -0.39 is 0 Å². The first-order chi connectivity index (χ1) is 8.91. The minimum atomic E-state index is 0.0382. The lowest BCUT2D eigenvalue weighted by atomic mass is 9.80. The molecule has 0 aliphatic heterocycles. The second kappa shape index (κ2) is 5.28. The predicted octanol–water partition coefficient (Wildman–Crippen LogP) is 3.86. The molecule has 102 valence electrons. The van der Waals surface area contributed by atoms with Gasteiger partial charge in [-0.25, -0.2) is 0 Å². The van der Waals surface area contributed by atoms with Gasteiger partial charge in [-0.05, 0) is 62.8 Å². The fourth-order valence-electron chi connectivity index (χ4n) is 2.99. The van der Waals surface area contributed by atoms with Gasteiger partial charge in [0, 0.05) is 24.3 Å². The topological polar surface area (TPSA) is 34.1 Å². The number of hydrogen-bond donors (Lipinski definition) is 0. The number of Topliss-reactive ketones (excluding diaryl/α,β-unsaturated/α-hetero) is 2. The van der Waals surface area contributed by atoms with Crippen molar-refractivity contribution in [3.8, 4) is 0 Å². The van der Waals surface area contributed by atoms with Gasteiger partial charge in [-0.15, -0.1) is 0 Å². The van der Waals surface area contributed by atoms with Gasteiger partial charge < -0.3 is 0 Å². The summed E-state index contributed by atoms with van der Waals surface area (Å²) < 4.78 is 0.